The molecule has 5 nitrogen and oxygen atoms in total. The second-order valence-electron chi connectivity index (χ2n) is 3.65. The van der Waals surface area contributed by atoms with Crippen molar-refractivity contribution in [2.45, 2.75) is 26.7 Å². The number of nitrogens with two attached hydrogens (primary N) is 1. The highest BCUT2D eigenvalue weighted by molar-refractivity contribution is 5.43. The fourth-order valence-corrected chi connectivity index (χ4v) is 1.42. The van der Waals surface area contributed by atoms with Crippen LogP contribution >= 0.6 is 0 Å². The zero-order valence-electron chi connectivity index (χ0n) is 8.52. The molecular weight excluding hydrogens is 178 g/mol. The molecule has 0 saturated heterocycles. The van der Waals surface area contributed by atoms with Crippen LogP contribution in [0.1, 0.15) is 31.3 Å². The zero-order chi connectivity index (χ0) is 10.3. The van der Waals surface area contributed by atoms with Crippen LogP contribution in [0.15, 0.2) is 6.07 Å². The molecule has 0 atom stereocenters. The summed E-state index contributed by atoms with van der Waals surface area (Å²) in [5.74, 6) is 1.49. The van der Waals surface area contributed by atoms with E-state index in [1.54, 1.807) is 4.52 Å². The summed E-state index contributed by atoms with van der Waals surface area (Å²) >= 11 is 0. The molecule has 2 heterocycles. The minimum absolute atomic E-state index is 0.291. The van der Waals surface area contributed by atoms with Crippen molar-refractivity contribution >= 4 is 11.6 Å². The highest BCUT2D eigenvalue weighted by atomic mass is 15.3. The molecule has 2 rings (SSSR count). The summed E-state index contributed by atoms with van der Waals surface area (Å²) in [6, 6.07) is 1.87. The van der Waals surface area contributed by atoms with Crippen LogP contribution in [0.4, 0.5) is 5.95 Å². The van der Waals surface area contributed by atoms with Crippen LogP contribution < -0.4 is 5.73 Å². The quantitative estimate of drug-likeness (QED) is 0.733. The summed E-state index contributed by atoms with van der Waals surface area (Å²) < 4.78 is 1.70. The number of aryl methyl sites for hydroxylation is 1. The van der Waals surface area contributed by atoms with Crippen molar-refractivity contribution in [1.82, 2.24) is 19.6 Å². The van der Waals surface area contributed by atoms with Gasteiger partial charge in [-0.05, 0) is 6.92 Å². The van der Waals surface area contributed by atoms with Crippen LogP contribution in [-0.4, -0.2) is 19.6 Å². The number of nitrogen functional groups attached to an aromatic ring is 1. The van der Waals surface area contributed by atoms with Gasteiger partial charge in [0.05, 0.1) is 0 Å². The van der Waals surface area contributed by atoms with Crippen LogP contribution in [-0.2, 0) is 0 Å². The molecule has 0 aromatic carbocycles. The van der Waals surface area contributed by atoms with Gasteiger partial charge in [0.15, 0.2) is 5.65 Å². The third-order valence-electron chi connectivity index (χ3n) is 2.01. The number of fused-ring (bicyclic) bond motifs is 1. The second kappa shape index (κ2) is 2.94. The van der Waals surface area contributed by atoms with E-state index in [9.17, 15) is 0 Å². The van der Waals surface area contributed by atoms with Gasteiger partial charge in [0.25, 0.3) is 0 Å². The predicted molar refractivity (Wildman–Crippen MR) is 54.0 cm³/mol. The van der Waals surface area contributed by atoms with E-state index < -0.39 is 0 Å². The van der Waals surface area contributed by atoms with Gasteiger partial charge in [-0.2, -0.15) is 9.50 Å². The van der Waals surface area contributed by atoms with Crippen LogP contribution in [0.25, 0.3) is 5.65 Å². The van der Waals surface area contributed by atoms with Crippen molar-refractivity contribution < 1.29 is 0 Å². The Morgan fingerprint density at radius 3 is 2.71 bits per heavy atom. The summed E-state index contributed by atoms with van der Waals surface area (Å²) in [7, 11) is 0. The molecule has 0 aliphatic carbocycles. The average molecular weight is 191 g/mol. The molecule has 0 spiro atoms. The predicted octanol–water partition coefficient (Wildman–Crippen LogP) is 1.14. The lowest BCUT2D eigenvalue weighted by Gasteiger charge is -2.06. The van der Waals surface area contributed by atoms with Gasteiger partial charge in [0.1, 0.15) is 5.82 Å². The number of hydrogen-bond acceptors (Lipinski definition) is 4. The minimum atomic E-state index is 0.291. The maximum atomic E-state index is 5.54. The fourth-order valence-electron chi connectivity index (χ4n) is 1.42. The lowest BCUT2D eigenvalue weighted by Crippen LogP contribution is -2.05. The van der Waals surface area contributed by atoms with Crippen molar-refractivity contribution in [2.75, 3.05) is 5.73 Å². The SMILES string of the molecule is Cc1cc2nc(N)nn2c(C(C)C)n1. The molecule has 0 amide bonds. The van der Waals surface area contributed by atoms with E-state index in [1.807, 2.05) is 13.0 Å². The van der Waals surface area contributed by atoms with Crippen LogP contribution in [0.3, 0.4) is 0 Å². The molecule has 0 bridgehead atoms. The Hall–Kier alpha value is -1.65. The molecule has 5 heteroatoms. The molecule has 0 aliphatic rings. The van der Waals surface area contributed by atoms with E-state index >= 15 is 0 Å². The third kappa shape index (κ3) is 1.30. The van der Waals surface area contributed by atoms with Gasteiger partial charge in [0, 0.05) is 17.7 Å². The largest absolute Gasteiger partial charge is 0.366 e. The van der Waals surface area contributed by atoms with Crippen molar-refractivity contribution in [3.63, 3.8) is 0 Å². The normalized spacial score (nSPS) is 11.4. The molecule has 0 saturated carbocycles. The first-order chi connectivity index (χ1) is 6.58. The number of rotatable bonds is 1. The standard InChI is InChI=1S/C9H13N5/c1-5(2)8-11-6(3)4-7-12-9(10)13-14(7)8/h4-5H,1-3H3,(H2,10,13). The summed E-state index contributed by atoms with van der Waals surface area (Å²) in [5.41, 5.74) is 7.24. The summed E-state index contributed by atoms with van der Waals surface area (Å²) in [6.45, 7) is 6.08. The maximum Gasteiger partial charge on any atom is 0.240 e. The van der Waals surface area contributed by atoms with E-state index in [0.29, 0.717) is 11.9 Å². The molecule has 14 heavy (non-hydrogen) atoms. The Morgan fingerprint density at radius 1 is 1.36 bits per heavy atom. The zero-order valence-corrected chi connectivity index (χ0v) is 8.52. The van der Waals surface area contributed by atoms with Crippen molar-refractivity contribution in [2.24, 2.45) is 0 Å². The van der Waals surface area contributed by atoms with E-state index in [1.165, 1.54) is 0 Å². The Bertz CT molecular complexity index is 471. The van der Waals surface area contributed by atoms with Crippen LogP contribution in [0.2, 0.25) is 0 Å². The lowest BCUT2D eigenvalue weighted by molar-refractivity contribution is 0.708. The molecule has 0 aliphatic heterocycles. The van der Waals surface area contributed by atoms with Gasteiger partial charge in [0.2, 0.25) is 5.95 Å². The fraction of sp³-hybridized carbons (Fsp3) is 0.444. The number of anilines is 1. The van der Waals surface area contributed by atoms with E-state index in [4.69, 9.17) is 5.73 Å². The Kier molecular flexibility index (Phi) is 1.87. The highest BCUT2D eigenvalue weighted by Crippen LogP contribution is 2.14. The minimum Gasteiger partial charge on any atom is -0.366 e. The molecule has 2 N–H and O–H groups in total. The van der Waals surface area contributed by atoms with Crippen LogP contribution in [0, 0.1) is 6.92 Å². The Labute approximate surface area is 82.0 Å². The average Bonchev–Trinajstić information content (AvgIpc) is 2.42. The van der Waals surface area contributed by atoms with Crippen molar-refractivity contribution in [1.29, 1.82) is 0 Å². The van der Waals surface area contributed by atoms with Gasteiger partial charge in [-0.1, -0.05) is 13.8 Å². The lowest BCUT2D eigenvalue weighted by atomic mass is 10.2. The molecule has 0 fully saturated rings. The number of nitrogens with zero attached hydrogens (tertiary/aromatic N) is 4. The first kappa shape index (κ1) is 8.93. The van der Waals surface area contributed by atoms with Crippen LogP contribution in [0.5, 0.6) is 0 Å². The van der Waals surface area contributed by atoms with Gasteiger partial charge in [-0.15, -0.1) is 5.10 Å². The highest BCUT2D eigenvalue weighted by Gasteiger charge is 2.10. The topological polar surface area (TPSA) is 69.1 Å². The van der Waals surface area contributed by atoms with Gasteiger partial charge < -0.3 is 5.73 Å². The summed E-state index contributed by atoms with van der Waals surface area (Å²) in [5, 5.41) is 4.10. The van der Waals surface area contributed by atoms with Gasteiger partial charge in [-0.3, -0.25) is 0 Å². The molecular formula is C9H13N5. The van der Waals surface area contributed by atoms with Gasteiger partial charge in [-0.25, -0.2) is 4.98 Å². The molecule has 74 valence electrons. The molecule has 2 aromatic rings. The van der Waals surface area contributed by atoms with E-state index in [2.05, 4.69) is 28.9 Å². The van der Waals surface area contributed by atoms with Crippen molar-refractivity contribution in [3.8, 4) is 0 Å². The first-order valence-electron chi connectivity index (χ1n) is 4.57. The summed E-state index contributed by atoms with van der Waals surface area (Å²) in [6.07, 6.45) is 0. The smallest absolute Gasteiger partial charge is 0.240 e. The van der Waals surface area contributed by atoms with E-state index in [0.717, 1.165) is 17.2 Å². The monoisotopic (exact) mass is 191 g/mol. The first-order valence-corrected chi connectivity index (χ1v) is 4.57. The molecule has 2 aromatic heterocycles. The Morgan fingerprint density at radius 2 is 2.07 bits per heavy atom. The number of aromatic nitrogens is 4. The van der Waals surface area contributed by atoms with E-state index in [-0.39, 0.29) is 0 Å². The Balaban J connectivity index is 2.79. The molecule has 0 radical (unpaired) electrons. The third-order valence-corrected chi connectivity index (χ3v) is 2.01. The molecule has 0 unspecified atom stereocenters. The summed E-state index contributed by atoms with van der Waals surface area (Å²) in [4.78, 5) is 8.53. The van der Waals surface area contributed by atoms with Crippen molar-refractivity contribution in [3.05, 3.63) is 17.6 Å². The maximum absolute atomic E-state index is 5.54. The second-order valence-corrected chi connectivity index (χ2v) is 3.65. The number of hydrogen-bond donors (Lipinski definition) is 1. The van der Waals surface area contributed by atoms with Gasteiger partial charge >= 0.3 is 0 Å².